The van der Waals surface area contributed by atoms with Crippen LogP contribution in [0.4, 0.5) is 5.69 Å². The van der Waals surface area contributed by atoms with Gasteiger partial charge < -0.3 is 0 Å². The second-order valence-corrected chi connectivity index (χ2v) is 5.24. The fraction of sp³-hybridized carbons (Fsp3) is 0.375. The van der Waals surface area contributed by atoms with Crippen LogP contribution in [-0.2, 0) is 6.42 Å². The molecule has 0 aliphatic heterocycles. The third-order valence-corrected chi connectivity index (χ3v) is 3.75. The molecule has 22 heavy (non-hydrogen) atoms. The third kappa shape index (κ3) is 2.90. The molecule has 116 valence electrons. The highest BCUT2D eigenvalue weighted by Crippen LogP contribution is 2.22. The molecule has 0 radical (unpaired) electrons. The molecular formula is C16H19N3O3. The predicted octanol–water partition coefficient (Wildman–Crippen LogP) is 3.44. The zero-order valence-electron chi connectivity index (χ0n) is 13.0. The Balaban J connectivity index is 2.45. The summed E-state index contributed by atoms with van der Waals surface area (Å²) in [6.07, 6.45) is 2.94. The lowest BCUT2D eigenvalue weighted by Gasteiger charge is -2.05. The molecule has 0 saturated heterocycles. The zero-order valence-corrected chi connectivity index (χ0v) is 13.0. The van der Waals surface area contributed by atoms with Crippen LogP contribution < -0.4 is 0 Å². The number of hydrogen-bond acceptors (Lipinski definition) is 4. The van der Waals surface area contributed by atoms with Gasteiger partial charge in [-0.05, 0) is 38.3 Å². The van der Waals surface area contributed by atoms with Crippen LogP contribution in [0.1, 0.15) is 47.1 Å². The van der Waals surface area contributed by atoms with Gasteiger partial charge >= 0.3 is 0 Å². The van der Waals surface area contributed by atoms with Crippen molar-refractivity contribution in [3.05, 3.63) is 56.9 Å². The van der Waals surface area contributed by atoms with Crippen LogP contribution in [0, 0.1) is 24.0 Å². The third-order valence-electron chi connectivity index (χ3n) is 3.75. The van der Waals surface area contributed by atoms with Gasteiger partial charge in [-0.2, -0.15) is 5.10 Å². The molecule has 1 heterocycles. The van der Waals surface area contributed by atoms with E-state index in [1.807, 2.05) is 13.8 Å². The molecule has 0 N–H and O–H groups in total. The maximum atomic E-state index is 12.6. The van der Waals surface area contributed by atoms with Gasteiger partial charge in [0.15, 0.2) is 0 Å². The van der Waals surface area contributed by atoms with Crippen molar-refractivity contribution in [2.75, 3.05) is 0 Å². The van der Waals surface area contributed by atoms with E-state index >= 15 is 0 Å². The Morgan fingerprint density at radius 1 is 1.32 bits per heavy atom. The highest BCUT2D eigenvalue weighted by molar-refractivity contribution is 5.99. The number of carbonyl (C=O) groups excluding carboxylic acids is 1. The van der Waals surface area contributed by atoms with Crippen LogP contribution >= 0.6 is 0 Å². The minimum atomic E-state index is -0.545. The molecule has 0 bridgehead atoms. The van der Waals surface area contributed by atoms with Crippen molar-refractivity contribution in [1.82, 2.24) is 9.78 Å². The molecule has 6 heteroatoms. The first kappa shape index (κ1) is 15.9. The van der Waals surface area contributed by atoms with Gasteiger partial charge in [-0.25, -0.2) is 4.68 Å². The van der Waals surface area contributed by atoms with Gasteiger partial charge in [0.1, 0.15) is 5.56 Å². The van der Waals surface area contributed by atoms with Gasteiger partial charge in [-0.15, -0.1) is 0 Å². The molecule has 2 aromatic rings. The quantitative estimate of drug-likeness (QED) is 0.626. The minimum Gasteiger partial charge on any atom is -0.266 e. The Morgan fingerprint density at radius 3 is 2.64 bits per heavy atom. The van der Waals surface area contributed by atoms with E-state index in [1.165, 1.54) is 16.8 Å². The van der Waals surface area contributed by atoms with Gasteiger partial charge in [-0.3, -0.25) is 14.9 Å². The van der Waals surface area contributed by atoms with Crippen molar-refractivity contribution >= 4 is 11.6 Å². The summed E-state index contributed by atoms with van der Waals surface area (Å²) >= 11 is 0. The minimum absolute atomic E-state index is 0.0557. The number of aromatic nitrogens is 2. The topological polar surface area (TPSA) is 78.0 Å². The van der Waals surface area contributed by atoms with E-state index in [0.29, 0.717) is 0 Å². The second-order valence-electron chi connectivity index (χ2n) is 5.24. The number of benzene rings is 1. The highest BCUT2D eigenvalue weighted by atomic mass is 16.6. The lowest BCUT2D eigenvalue weighted by molar-refractivity contribution is -0.385. The molecule has 1 aromatic carbocycles. The van der Waals surface area contributed by atoms with Crippen LogP contribution in [0.15, 0.2) is 24.3 Å². The molecule has 1 aromatic heterocycles. The molecule has 0 aliphatic carbocycles. The first-order chi connectivity index (χ1) is 10.5. The first-order valence-electron chi connectivity index (χ1n) is 7.30. The maximum Gasteiger partial charge on any atom is 0.285 e. The van der Waals surface area contributed by atoms with Crippen molar-refractivity contribution in [2.45, 2.75) is 40.0 Å². The number of aryl methyl sites for hydroxylation is 1. The van der Waals surface area contributed by atoms with E-state index in [4.69, 9.17) is 0 Å². The van der Waals surface area contributed by atoms with Gasteiger partial charge in [0.2, 0.25) is 0 Å². The molecule has 6 nitrogen and oxygen atoms in total. The van der Waals surface area contributed by atoms with E-state index < -0.39 is 10.8 Å². The van der Waals surface area contributed by atoms with Crippen LogP contribution in [0.3, 0.4) is 0 Å². The summed E-state index contributed by atoms with van der Waals surface area (Å²) in [5, 5.41) is 15.4. The number of unbranched alkanes of at least 4 members (excludes halogenated alkanes) is 1. The number of carbonyl (C=O) groups is 1. The summed E-state index contributed by atoms with van der Waals surface area (Å²) in [5.74, 6) is -0.462. The summed E-state index contributed by atoms with van der Waals surface area (Å²) in [7, 11) is 0. The molecule has 0 fully saturated rings. The van der Waals surface area contributed by atoms with Crippen molar-refractivity contribution in [3.63, 3.8) is 0 Å². The number of nitrogens with zero attached hydrogens (tertiary/aromatic N) is 3. The molecule has 0 saturated carbocycles. The molecule has 2 rings (SSSR count). The molecule has 0 unspecified atom stereocenters. The summed E-state index contributed by atoms with van der Waals surface area (Å²) < 4.78 is 1.28. The Labute approximate surface area is 128 Å². The normalized spacial score (nSPS) is 10.7. The Hall–Kier alpha value is -2.50. The van der Waals surface area contributed by atoms with Crippen molar-refractivity contribution in [1.29, 1.82) is 0 Å². The SMILES string of the molecule is CCCCc1c(C)nn(C(=O)c2ccccc2[N+](=O)[O-])c1C. The smallest absolute Gasteiger partial charge is 0.266 e. The van der Waals surface area contributed by atoms with E-state index in [1.54, 1.807) is 12.1 Å². The van der Waals surface area contributed by atoms with Crippen molar-refractivity contribution in [3.8, 4) is 0 Å². The van der Waals surface area contributed by atoms with Gasteiger partial charge in [0, 0.05) is 11.8 Å². The van der Waals surface area contributed by atoms with Crippen molar-refractivity contribution < 1.29 is 9.72 Å². The Kier molecular flexibility index (Phi) is 4.70. The largest absolute Gasteiger partial charge is 0.285 e. The molecule has 0 amide bonds. The summed E-state index contributed by atoms with van der Waals surface area (Å²) in [6, 6.07) is 5.95. The molecule has 0 spiro atoms. The van der Waals surface area contributed by atoms with Gasteiger partial charge in [0.05, 0.1) is 10.6 Å². The summed E-state index contributed by atoms with van der Waals surface area (Å²) in [6.45, 7) is 5.80. The second kappa shape index (κ2) is 6.51. The number of nitro groups is 1. The van der Waals surface area contributed by atoms with Crippen LogP contribution in [-0.4, -0.2) is 20.6 Å². The summed E-state index contributed by atoms with van der Waals surface area (Å²) in [5.41, 5.74) is 2.47. The number of rotatable bonds is 5. The predicted molar refractivity (Wildman–Crippen MR) is 83.1 cm³/mol. The van der Waals surface area contributed by atoms with E-state index in [2.05, 4.69) is 12.0 Å². The maximum absolute atomic E-state index is 12.6. The lowest BCUT2D eigenvalue weighted by atomic mass is 10.1. The summed E-state index contributed by atoms with van der Waals surface area (Å²) in [4.78, 5) is 23.2. The standard InChI is InChI=1S/C16H19N3O3/c1-4-5-8-13-11(2)17-18(12(13)3)16(20)14-9-6-7-10-15(14)19(21)22/h6-7,9-10H,4-5,8H2,1-3H3. The molecular weight excluding hydrogens is 282 g/mol. The van der Waals surface area contributed by atoms with E-state index in [0.717, 1.165) is 36.2 Å². The van der Waals surface area contributed by atoms with E-state index in [-0.39, 0.29) is 11.3 Å². The van der Waals surface area contributed by atoms with Gasteiger partial charge in [0.25, 0.3) is 11.6 Å². The number of nitro benzene ring substituents is 1. The molecule has 0 atom stereocenters. The monoisotopic (exact) mass is 301 g/mol. The van der Waals surface area contributed by atoms with Crippen LogP contribution in [0.2, 0.25) is 0 Å². The average Bonchev–Trinajstić information content (AvgIpc) is 2.79. The Bertz CT molecular complexity index is 719. The number of para-hydroxylation sites is 1. The fourth-order valence-corrected chi connectivity index (χ4v) is 2.52. The van der Waals surface area contributed by atoms with Crippen LogP contribution in [0.5, 0.6) is 0 Å². The molecule has 0 aliphatic rings. The highest BCUT2D eigenvalue weighted by Gasteiger charge is 2.24. The van der Waals surface area contributed by atoms with Crippen molar-refractivity contribution in [2.24, 2.45) is 0 Å². The first-order valence-corrected chi connectivity index (χ1v) is 7.30. The Morgan fingerprint density at radius 2 is 2.00 bits per heavy atom. The lowest BCUT2D eigenvalue weighted by Crippen LogP contribution is -2.17. The zero-order chi connectivity index (χ0) is 16.3. The van der Waals surface area contributed by atoms with Gasteiger partial charge in [-0.1, -0.05) is 25.5 Å². The fourth-order valence-electron chi connectivity index (χ4n) is 2.52. The van der Waals surface area contributed by atoms with Crippen LogP contribution in [0.25, 0.3) is 0 Å². The number of hydrogen-bond donors (Lipinski definition) is 0. The van der Waals surface area contributed by atoms with E-state index in [9.17, 15) is 14.9 Å². The average molecular weight is 301 g/mol.